The molecule has 0 radical (unpaired) electrons. The Hall–Kier alpha value is -2.11. The van der Waals surface area contributed by atoms with Crippen LogP contribution >= 0.6 is 0 Å². The molecule has 0 N–H and O–H groups in total. The number of hydrogen-bond donors (Lipinski definition) is 0. The van der Waals surface area contributed by atoms with Gasteiger partial charge >= 0.3 is 6.09 Å². The van der Waals surface area contributed by atoms with Gasteiger partial charge in [-0.25, -0.2) is 9.78 Å². The number of hydrogen-bond acceptors (Lipinski definition) is 4. The predicted octanol–water partition coefficient (Wildman–Crippen LogP) is 2.53. The van der Waals surface area contributed by atoms with Gasteiger partial charge in [-0.1, -0.05) is 0 Å². The van der Waals surface area contributed by atoms with Gasteiger partial charge in [-0.05, 0) is 39.5 Å². The lowest BCUT2D eigenvalue weighted by Crippen LogP contribution is -2.35. The molecule has 6 heteroatoms. The Balaban J connectivity index is 1.64. The Morgan fingerprint density at radius 2 is 2.23 bits per heavy atom. The summed E-state index contributed by atoms with van der Waals surface area (Å²) in [7, 11) is 0. The van der Waals surface area contributed by atoms with Crippen molar-refractivity contribution in [1.82, 2.24) is 19.3 Å². The molecule has 0 saturated carbocycles. The van der Waals surface area contributed by atoms with Crippen molar-refractivity contribution in [2.75, 3.05) is 13.1 Å². The molecule has 3 heterocycles. The van der Waals surface area contributed by atoms with Crippen molar-refractivity contribution >= 4 is 11.7 Å². The van der Waals surface area contributed by atoms with Gasteiger partial charge in [-0.15, -0.1) is 0 Å². The van der Waals surface area contributed by atoms with Crippen LogP contribution in [0.15, 0.2) is 24.8 Å². The van der Waals surface area contributed by atoms with E-state index in [1.54, 1.807) is 17.3 Å². The van der Waals surface area contributed by atoms with E-state index in [1.165, 1.54) is 0 Å². The third kappa shape index (κ3) is 3.21. The molecule has 6 nitrogen and oxygen atoms in total. The van der Waals surface area contributed by atoms with Gasteiger partial charge in [-0.2, -0.15) is 0 Å². The fourth-order valence-corrected chi connectivity index (χ4v) is 2.84. The fourth-order valence-electron chi connectivity index (χ4n) is 2.84. The second-order valence-corrected chi connectivity index (χ2v) is 6.84. The highest BCUT2D eigenvalue weighted by Crippen LogP contribution is 2.23. The summed E-state index contributed by atoms with van der Waals surface area (Å²) in [5, 5.41) is 0. The molecule has 1 atom stereocenters. The monoisotopic (exact) mass is 302 g/mol. The Kier molecular flexibility index (Phi) is 3.76. The molecule has 1 fully saturated rings. The van der Waals surface area contributed by atoms with E-state index in [1.807, 2.05) is 33.2 Å². The third-order valence-corrected chi connectivity index (χ3v) is 3.83. The molecule has 0 spiro atoms. The average Bonchev–Trinajstić information content (AvgIpc) is 3.05. The molecule has 1 aliphatic heterocycles. The summed E-state index contributed by atoms with van der Waals surface area (Å²) in [6.45, 7) is 7.17. The van der Waals surface area contributed by atoms with Gasteiger partial charge in [0.2, 0.25) is 0 Å². The van der Waals surface area contributed by atoms with E-state index in [-0.39, 0.29) is 6.09 Å². The highest BCUT2D eigenvalue weighted by atomic mass is 16.6. The molecule has 1 aliphatic rings. The molecule has 3 rings (SSSR count). The second kappa shape index (κ2) is 5.59. The molecule has 0 bridgehead atoms. The van der Waals surface area contributed by atoms with Gasteiger partial charge in [-0.3, -0.25) is 4.98 Å². The maximum absolute atomic E-state index is 12.1. The summed E-state index contributed by atoms with van der Waals surface area (Å²) in [5.74, 6) is 0.433. The van der Waals surface area contributed by atoms with Crippen LogP contribution in [0.25, 0.3) is 5.65 Å². The lowest BCUT2D eigenvalue weighted by atomic mass is 10.0. The molecule has 22 heavy (non-hydrogen) atoms. The minimum atomic E-state index is -0.443. The van der Waals surface area contributed by atoms with Gasteiger partial charge in [0, 0.05) is 37.4 Å². The molecular formula is C16H22N4O2. The number of amides is 1. The maximum atomic E-state index is 12.1. The lowest BCUT2D eigenvalue weighted by molar-refractivity contribution is 0.0288. The van der Waals surface area contributed by atoms with Crippen molar-refractivity contribution in [1.29, 1.82) is 0 Å². The smallest absolute Gasteiger partial charge is 0.410 e. The zero-order chi connectivity index (χ0) is 15.7. The molecule has 118 valence electrons. The number of aromatic nitrogens is 3. The van der Waals surface area contributed by atoms with Gasteiger partial charge in [0.25, 0.3) is 0 Å². The number of carbonyl (C=O) groups excluding carboxylic acids is 1. The second-order valence-electron chi connectivity index (χ2n) is 6.84. The maximum Gasteiger partial charge on any atom is 0.410 e. The normalized spacial score (nSPS) is 18.9. The van der Waals surface area contributed by atoms with Crippen LogP contribution < -0.4 is 0 Å². The standard InChI is InChI=1S/C16H22N4O2/c1-16(2,3)22-15(21)19-6-4-12(11-19)8-13-9-17-10-14-18-5-7-20(13)14/h5,7,9-10,12H,4,6,8,11H2,1-3H3/t12-/m1/s1. The molecule has 0 aliphatic carbocycles. The van der Waals surface area contributed by atoms with Crippen LogP contribution in [0.3, 0.4) is 0 Å². The van der Waals surface area contributed by atoms with Gasteiger partial charge in [0.15, 0.2) is 5.65 Å². The zero-order valence-corrected chi connectivity index (χ0v) is 13.3. The van der Waals surface area contributed by atoms with E-state index in [0.717, 1.165) is 37.3 Å². The topological polar surface area (TPSA) is 59.7 Å². The first-order valence-corrected chi connectivity index (χ1v) is 7.66. The minimum absolute atomic E-state index is 0.214. The summed E-state index contributed by atoms with van der Waals surface area (Å²) in [4.78, 5) is 22.4. The van der Waals surface area contributed by atoms with Gasteiger partial charge in [0.1, 0.15) is 5.60 Å². The third-order valence-electron chi connectivity index (χ3n) is 3.83. The van der Waals surface area contributed by atoms with Gasteiger partial charge in [0.05, 0.1) is 6.20 Å². The first-order valence-electron chi connectivity index (χ1n) is 7.66. The highest BCUT2D eigenvalue weighted by molar-refractivity contribution is 5.68. The Bertz CT molecular complexity index is 674. The molecule has 0 aromatic carbocycles. The van der Waals surface area contributed by atoms with Crippen molar-refractivity contribution in [3.8, 4) is 0 Å². The van der Waals surface area contributed by atoms with Crippen LogP contribution in [0.2, 0.25) is 0 Å². The number of carbonyl (C=O) groups is 1. The largest absolute Gasteiger partial charge is 0.444 e. The summed E-state index contributed by atoms with van der Waals surface area (Å²) in [6.07, 6.45) is 9.03. The molecule has 0 unspecified atom stereocenters. The summed E-state index contributed by atoms with van der Waals surface area (Å²) >= 11 is 0. The summed E-state index contributed by atoms with van der Waals surface area (Å²) in [6, 6.07) is 0. The number of nitrogens with zero attached hydrogens (tertiary/aromatic N) is 4. The number of rotatable bonds is 2. The average molecular weight is 302 g/mol. The fraction of sp³-hybridized carbons (Fsp3) is 0.562. The molecule has 2 aromatic rings. The summed E-state index contributed by atoms with van der Waals surface area (Å²) in [5.41, 5.74) is 1.55. The van der Waals surface area contributed by atoms with E-state index < -0.39 is 5.60 Å². The zero-order valence-electron chi connectivity index (χ0n) is 13.3. The van der Waals surface area contributed by atoms with Crippen molar-refractivity contribution in [2.24, 2.45) is 5.92 Å². The van der Waals surface area contributed by atoms with Gasteiger partial charge < -0.3 is 14.0 Å². The van der Waals surface area contributed by atoms with Crippen LogP contribution in [0.4, 0.5) is 4.79 Å². The Labute approximate surface area is 130 Å². The Morgan fingerprint density at radius 3 is 3.00 bits per heavy atom. The number of ether oxygens (including phenoxy) is 1. The Morgan fingerprint density at radius 1 is 1.41 bits per heavy atom. The highest BCUT2D eigenvalue weighted by Gasteiger charge is 2.30. The molecule has 1 amide bonds. The van der Waals surface area contributed by atoms with E-state index in [9.17, 15) is 4.79 Å². The predicted molar refractivity (Wildman–Crippen MR) is 82.6 cm³/mol. The molecule has 1 saturated heterocycles. The molecule has 2 aromatic heterocycles. The summed E-state index contributed by atoms with van der Waals surface area (Å²) < 4.78 is 7.50. The van der Waals surface area contributed by atoms with Crippen LogP contribution in [-0.4, -0.2) is 44.1 Å². The van der Waals surface area contributed by atoms with Crippen LogP contribution in [-0.2, 0) is 11.2 Å². The van der Waals surface area contributed by atoms with E-state index in [0.29, 0.717) is 5.92 Å². The first kappa shape index (κ1) is 14.8. The number of likely N-dealkylation sites (tertiary alicyclic amines) is 1. The van der Waals surface area contributed by atoms with Crippen LogP contribution in [0.1, 0.15) is 32.9 Å². The number of fused-ring (bicyclic) bond motifs is 1. The quantitative estimate of drug-likeness (QED) is 0.855. The SMILES string of the molecule is CC(C)(C)OC(=O)N1CC[C@H](Cc2cncc3nccn23)C1. The molecular weight excluding hydrogens is 280 g/mol. The van der Waals surface area contributed by atoms with Crippen molar-refractivity contribution in [3.63, 3.8) is 0 Å². The van der Waals surface area contributed by atoms with E-state index in [4.69, 9.17) is 4.74 Å². The van der Waals surface area contributed by atoms with Crippen LogP contribution in [0, 0.1) is 5.92 Å². The first-order chi connectivity index (χ1) is 10.4. The lowest BCUT2D eigenvalue weighted by Gasteiger charge is -2.24. The van der Waals surface area contributed by atoms with Crippen molar-refractivity contribution < 1.29 is 9.53 Å². The van der Waals surface area contributed by atoms with Crippen LogP contribution in [0.5, 0.6) is 0 Å². The number of imidazole rings is 1. The van der Waals surface area contributed by atoms with E-state index in [2.05, 4.69) is 14.4 Å². The van der Waals surface area contributed by atoms with Crippen molar-refractivity contribution in [3.05, 3.63) is 30.5 Å². The minimum Gasteiger partial charge on any atom is -0.444 e. The van der Waals surface area contributed by atoms with Crippen molar-refractivity contribution in [2.45, 2.75) is 39.2 Å². The van der Waals surface area contributed by atoms with E-state index >= 15 is 0 Å².